The molecular formula is C15H12O5. The molecule has 0 bridgehead atoms. The van der Waals surface area contributed by atoms with Crippen LogP contribution < -0.4 is 4.74 Å². The summed E-state index contributed by atoms with van der Waals surface area (Å²) in [4.78, 5) is 23.2. The lowest BCUT2D eigenvalue weighted by atomic mass is 9.88. The van der Waals surface area contributed by atoms with E-state index in [4.69, 9.17) is 9.15 Å². The number of ether oxygens (including phenoxy) is 1. The second-order valence-corrected chi connectivity index (χ2v) is 4.68. The smallest absolute Gasteiger partial charge is 0.312 e. The van der Waals surface area contributed by atoms with Gasteiger partial charge in [-0.1, -0.05) is 0 Å². The van der Waals surface area contributed by atoms with Gasteiger partial charge in [0.15, 0.2) is 5.78 Å². The third-order valence-electron chi connectivity index (χ3n) is 3.39. The third-order valence-corrected chi connectivity index (χ3v) is 3.39. The number of hydrogen-bond acceptors (Lipinski definition) is 5. The lowest BCUT2D eigenvalue weighted by Crippen LogP contribution is -2.21. The second kappa shape index (κ2) is 4.52. The minimum Gasteiger partial charge on any atom is -0.507 e. The molecule has 0 saturated heterocycles. The van der Waals surface area contributed by atoms with Crippen molar-refractivity contribution in [3.05, 3.63) is 47.4 Å². The van der Waals surface area contributed by atoms with E-state index in [1.807, 2.05) is 0 Å². The van der Waals surface area contributed by atoms with Crippen LogP contribution in [0.1, 0.15) is 40.9 Å². The zero-order chi connectivity index (χ0) is 14.3. The van der Waals surface area contributed by atoms with Gasteiger partial charge >= 0.3 is 5.97 Å². The van der Waals surface area contributed by atoms with E-state index in [1.54, 1.807) is 12.1 Å². The van der Waals surface area contributed by atoms with Gasteiger partial charge in [-0.15, -0.1) is 0 Å². The number of phenolic OH excluding ortho intramolecular Hbond substituents is 1. The van der Waals surface area contributed by atoms with Crippen LogP contribution in [0.25, 0.3) is 0 Å². The largest absolute Gasteiger partial charge is 0.507 e. The Morgan fingerprint density at radius 2 is 2.15 bits per heavy atom. The third kappa shape index (κ3) is 1.87. The molecule has 5 heteroatoms. The molecule has 102 valence electrons. The normalized spacial score (nSPS) is 17.4. The SMILES string of the molecule is CC(=O)c1ccc2c(c1O)C(c1ccco1)CC(=O)O2. The first-order chi connectivity index (χ1) is 9.58. The summed E-state index contributed by atoms with van der Waals surface area (Å²) in [5, 5.41) is 10.3. The molecule has 2 heterocycles. The van der Waals surface area contributed by atoms with E-state index in [2.05, 4.69) is 0 Å². The van der Waals surface area contributed by atoms with Crippen molar-refractivity contribution in [3.8, 4) is 11.5 Å². The van der Waals surface area contributed by atoms with Gasteiger partial charge in [0.1, 0.15) is 17.3 Å². The van der Waals surface area contributed by atoms with Gasteiger partial charge in [0.25, 0.3) is 0 Å². The van der Waals surface area contributed by atoms with Gasteiger partial charge in [-0.25, -0.2) is 0 Å². The molecule has 0 spiro atoms. The summed E-state index contributed by atoms with van der Waals surface area (Å²) in [5.41, 5.74) is 0.630. The van der Waals surface area contributed by atoms with Crippen LogP contribution in [0.15, 0.2) is 34.9 Å². The van der Waals surface area contributed by atoms with Gasteiger partial charge in [0.05, 0.1) is 24.2 Å². The van der Waals surface area contributed by atoms with E-state index < -0.39 is 11.9 Å². The number of phenols is 1. The van der Waals surface area contributed by atoms with Crippen molar-refractivity contribution >= 4 is 11.8 Å². The Labute approximate surface area is 114 Å². The first-order valence-electron chi connectivity index (χ1n) is 6.19. The summed E-state index contributed by atoms with van der Waals surface area (Å²) < 4.78 is 10.5. The summed E-state index contributed by atoms with van der Waals surface area (Å²) in [6.07, 6.45) is 1.57. The highest BCUT2D eigenvalue weighted by molar-refractivity contribution is 5.98. The number of carbonyl (C=O) groups is 2. The number of esters is 1. The Kier molecular flexibility index (Phi) is 2.82. The molecule has 1 aliphatic heterocycles. The fourth-order valence-corrected chi connectivity index (χ4v) is 2.46. The van der Waals surface area contributed by atoms with E-state index >= 15 is 0 Å². The average Bonchev–Trinajstić information content (AvgIpc) is 2.91. The Morgan fingerprint density at radius 3 is 2.80 bits per heavy atom. The fraction of sp³-hybridized carbons (Fsp3) is 0.200. The Morgan fingerprint density at radius 1 is 1.35 bits per heavy atom. The molecule has 1 aromatic carbocycles. The predicted octanol–water partition coefficient (Wildman–Crippen LogP) is 2.63. The van der Waals surface area contributed by atoms with Crippen molar-refractivity contribution in [3.63, 3.8) is 0 Å². The highest BCUT2D eigenvalue weighted by Gasteiger charge is 2.34. The summed E-state index contributed by atoms with van der Waals surface area (Å²) >= 11 is 0. The number of hydrogen-bond donors (Lipinski definition) is 1. The molecule has 1 aliphatic rings. The molecule has 0 radical (unpaired) electrons. The number of rotatable bonds is 2. The molecule has 20 heavy (non-hydrogen) atoms. The average molecular weight is 272 g/mol. The van der Waals surface area contributed by atoms with Crippen LogP contribution in [0.4, 0.5) is 0 Å². The Hall–Kier alpha value is -2.56. The van der Waals surface area contributed by atoms with Gasteiger partial charge in [-0.3, -0.25) is 9.59 Å². The number of furan rings is 1. The van der Waals surface area contributed by atoms with Crippen LogP contribution in [0.3, 0.4) is 0 Å². The Balaban J connectivity index is 2.21. The van der Waals surface area contributed by atoms with Gasteiger partial charge in [0, 0.05) is 5.56 Å². The Bertz CT molecular complexity index is 685. The van der Waals surface area contributed by atoms with E-state index in [9.17, 15) is 14.7 Å². The molecule has 1 unspecified atom stereocenters. The summed E-state index contributed by atoms with van der Waals surface area (Å²) in [7, 11) is 0. The highest BCUT2D eigenvalue weighted by Crippen LogP contribution is 2.45. The maximum Gasteiger partial charge on any atom is 0.312 e. The summed E-state index contributed by atoms with van der Waals surface area (Å²) in [6, 6.07) is 6.42. The molecule has 0 fully saturated rings. The summed E-state index contributed by atoms with van der Waals surface area (Å²) in [6.45, 7) is 1.37. The lowest BCUT2D eigenvalue weighted by molar-refractivity contribution is -0.135. The molecule has 5 nitrogen and oxygen atoms in total. The van der Waals surface area contributed by atoms with E-state index in [1.165, 1.54) is 25.3 Å². The number of fused-ring (bicyclic) bond motifs is 1. The van der Waals surface area contributed by atoms with Crippen molar-refractivity contribution in [2.75, 3.05) is 0 Å². The molecule has 1 aromatic heterocycles. The zero-order valence-electron chi connectivity index (χ0n) is 10.8. The zero-order valence-corrected chi connectivity index (χ0v) is 10.8. The number of Topliss-reactive ketones (excluding diaryl/α,β-unsaturated/α-hetero) is 1. The molecule has 2 aromatic rings. The molecule has 0 aliphatic carbocycles. The van der Waals surface area contributed by atoms with Crippen molar-refractivity contribution < 1.29 is 23.8 Å². The molecule has 1 atom stereocenters. The van der Waals surface area contributed by atoms with Crippen LogP contribution >= 0.6 is 0 Å². The van der Waals surface area contributed by atoms with Crippen molar-refractivity contribution in [2.24, 2.45) is 0 Å². The first-order valence-corrected chi connectivity index (χ1v) is 6.19. The van der Waals surface area contributed by atoms with E-state index in [-0.39, 0.29) is 29.3 Å². The van der Waals surface area contributed by atoms with E-state index in [0.29, 0.717) is 11.3 Å². The molecule has 0 saturated carbocycles. The van der Waals surface area contributed by atoms with Crippen LogP contribution in [0, 0.1) is 0 Å². The first kappa shape index (κ1) is 12.5. The van der Waals surface area contributed by atoms with Crippen molar-refractivity contribution in [1.82, 2.24) is 0 Å². The maximum absolute atomic E-state index is 11.6. The minimum absolute atomic E-state index is 0.0649. The molecule has 3 rings (SSSR count). The van der Waals surface area contributed by atoms with Gasteiger partial charge < -0.3 is 14.3 Å². The minimum atomic E-state index is -0.444. The standard InChI is InChI=1S/C15H12O5/c1-8(16)9-4-5-12-14(15(9)18)10(7-13(17)20-12)11-3-2-6-19-11/h2-6,10,18H,7H2,1H3. The predicted molar refractivity (Wildman–Crippen MR) is 68.9 cm³/mol. The van der Waals surface area contributed by atoms with E-state index in [0.717, 1.165) is 0 Å². The highest BCUT2D eigenvalue weighted by atomic mass is 16.5. The van der Waals surface area contributed by atoms with Gasteiger partial charge in [0.2, 0.25) is 0 Å². The summed E-state index contributed by atoms with van der Waals surface area (Å²) in [5.74, 6) is -0.414. The molecule has 1 N–H and O–H groups in total. The number of ketones is 1. The van der Waals surface area contributed by atoms with Crippen LogP contribution in [-0.4, -0.2) is 16.9 Å². The quantitative estimate of drug-likeness (QED) is 0.516. The van der Waals surface area contributed by atoms with Crippen LogP contribution in [-0.2, 0) is 4.79 Å². The topological polar surface area (TPSA) is 76.7 Å². The number of aromatic hydroxyl groups is 1. The fourth-order valence-electron chi connectivity index (χ4n) is 2.46. The van der Waals surface area contributed by atoms with Crippen LogP contribution in [0.2, 0.25) is 0 Å². The second-order valence-electron chi connectivity index (χ2n) is 4.68. The lowest BCUT2D eigenvalue weighted by Gasteiger charge is -2.24. The number of carbonyl (C=O) groups excluding carboxylic acids is 2. The van der Waals surface area contributed by atoms with Crippen LogP contribution in [0.5, 0.6) is 11.5 Å². The van der Waals surface area contributed by atoms with Gasteiger partial charge in [-0.05, 0) is 31.2 Å². The molecule has 0 amide bonds. The number of benzene rings is 1. The van der Waals surface area contributed by atoms with Gasteiger partial charge in [-0.2, -0.15) is 0 Å². The molecular weight excluding hydrogens is 260 g/mol. The maximum atomic E-state index is 11.6. The van der Waals surface area contributed by atoms with Crippen molar-refractivity contribution in [2.45, 2.75) is 19.3 Å². The van der Waals surface area contributed by atoms with Crippen molar-refractivity contribution in [1.29, 1.82) is 0 Å². The monoisotopic (exact) mass is 272 g/mol.